The topological polar surface area (TPSA) is 75.6 Å². The molecule has 3 atom stereocenters. The molecule has 0 spiro atoms. The number of carbonyl (C=O) groups excluding carboxylic acids is 2. The van der Waals surface area contributed by atoms with E-state index >= 15 is 0 Å². The second-order valence-corrected chi connectivity index (χ2v) is 3.16. The van der Waals surface area contributed by atoms with E-state index in [0.717, 1.165) is 0 Å². The zero-order valence-corrected chi connectivity index (χ0v) is 7.61. The summed E-state index contributed by atoms with van der Waals surface area (Å²) in [5, 5.41) is 11.7. The monoisotopic (exact) mass is 187 g/mol. The average molecular weight is 187 g/mol. The van der Waals surface area contributed by atoms with Crippen LogP contribution in [0.4, 0.5) is 0 Å². The van der Waals surface area contributed by atoms with Gasteiger partial charge in [-0.1, -0.05) is 0 Å². The van der Waals surface area contributed by atoms with Crippen molar-refractivity contribution in [1.29, 1.82) is 0 Å². The molecule has 1 aliphatic heterocycles. The molecule has 1 heterocycles. The molecule has 74 valence electrons. The van der Waals surface area contributed by atoms with E-state index in [4.69, 9.17) is 0 Å². The summed E-state index contributed by atoms with van der Waals surface area (Å²) in [5.41, 5.74) is 0. The Balaban J connectivity index is 2.45. The largest absolute Gasteiger partial charge is 0.469 e. The number of methoxy groups -OCH3 is 1. The van der Waals surface area contributed by atoms with E-state index in [1.165, 1.54) is 14.0 Å². The van der Waals surface area contributed by atoms with Crippen molar-refractivity contribution < 1.29 is 19.4 Å². The third-order valence-electron chi connectivity index (χ3n) is 2.20. The summed E-state index contributed by atoms with van der Waals surface area (Å²) in [7, 11) is 1.29. The van der Waals surface area contributed by atoms with Gasteiger partial charge in [0.1, 0.15) is 0 Å². The molecule has 5 heteroatoms. The fraction of sp³-hybridized carbons (Fsp3) is 0.750. The zero-order valence-electron chi connectivity index (χ0n) is 7.61. The molecule has 0 aromatic heterocycles. The van der Waals surface area contributed by atoms with E-state index in [9.17, 15) is 14.7 Å². The molecule has 13 heavy (non-hydrogen) atoms. The third kappa shape index (κ3) is 1.98. The Hall–Kier alpha value is -1.10. The fourth-order valence-corrected chi connectivity index (χ4v) is 1.45. The lowest BCUT2D eigenvalue weighted by Gasteiger charge is -2.37. The van der Waals surface area contributed by atoms with Gasteiger partial charge in [0, 0.05) is 0 Å². The molecule has 0 aromatic rings. The van der Waals surface area contributed by atoms with Gasteiger partial charge in [-0.25, -0.2) is 0 Å². The Morgan fingerprint density at radius 1 is 1.77 bits per heavy atom. The van der Waals surface area contributed by atoms with Crippen molar-refractivity contribution in [3.05, 3.63) is 0 Å². The summed E-state index contributed by atoms with van der Waals surface area (Å²) < 4.78 is 4.45. The standard InChI is InChI=1S/C8H13NO4/c1-4(10)7-5(9-8(7)12)3-6(11)13-2/h4-5,7,10H,3H2,1-2H3,(H,9,12)/t4-,5-,7?/m0/s1. The highest BCUT2D eigenvalue weighted by Crippen LogP contribution is 2.21. The normalized spacial score (nSPS) is 28.7. The summed E-state index contributed by atoms with van der Waals surface area (Å²) in [5.74, 6) is -1.06. The van der Waals surface area contributed by atoms with Crippen molar-refractivity contribution >= 4 is 11.9 Å². The van der Waals surface area contributed by atoms with Crippen molar-refractivity contribution in [3.8, 4) is 0 Å². The van der Waals surface area contributed by atoms with Gasteiger partial charge in [0.15, 0.2) is 0 Å². The Kier molecular flexibility index (Phi) is 2.87. The first-order valence-corrected chi connectivity index (χ1v) is 4.11. The Morgan fingerprint density at radius 3 is 2.77 bits per heavy atom. The number of ether oxygens (including phenoxy) is 1. The van der Waals surface area contributed by atoms with Gasteiger partial charge < -0.3 is 15.2 Å². The highest BCUT2D eigenvalue weighted by atomic mass is 16.5. The number of aliphatic hydroxyl groups is 1. The molecule has 2 N–H and O–H groups in total. The van der Waals surface area contributed by atoms with Crippen LogP contribution in [0.1, 0.15) is 13.3 Å². The third-order valence-corrected chi connectivity index (χ3v) is 2.20. The number of hydrogen-bond donors (Lipinski definition) is 2. The van der Waals surface area contributed by atoms with Crippen LogP contribution in [-0.4, -0.2) is 36.2 Å². The summed E-state index contributed by atoms with van der Waals surface area (Å²) in [6.07, 6.45) is -0.596. The molecule has 1 fully saturated rings. The molecule has 1 aliphatic rings. The average Bonchev–Trinajstić information content (AvgIpc) is 2.01. The van der Waals surface area contributed by atoms with Crippen molar-refractivity contribution in [2.45, 2.75) is 25.5 Å². The lowest BCUT2D eigenvalue weighted by atomic mass is 9.84. The highest BCUT2D eigenvalue weighted by molar-refractivity contribution is 5.88. The first kappa shape index (κ1) is 9.98. The Morgan fingerprint density at radius 2 is 2.38 bits per heavy atom. The van der Waals surface area contributed by atoms with Crippen molar-refractivity contribution in [1.82, 2.24) is 5.32 Å². The van der Waals surface area contributed by atoms with Crippen molar-refractivity contribution in [2.75, 3.05) is 7.11 Å². The van der Waals surface area contributed by atoms with E-state index < -0.39 is 12.0 Å². The van der Waals surface area contributed by atoms with Gasteiger partial charge in [-0.05, 0) is 6.92 Å². The SMILES string of the molecule is COC(=O)C[C@@H]1NC(=O)C1[C@H](C)O. The Labute approximate surface area is 76.1 Å². The molecule has 1 rings (SSSR count). The fourth-order valence-electron chi connectivity index (χ4n) is 1.45. The number of esters is 1. The molecular weight excluding hydrogens is 174 g/mol. The predicted molar refractivity (Wildman–Crippen MR) is 43.7 cm³/mol. The molecule has 0 aliphatic carbocycles. The van der Waals surface area contributed by atoms with E-state index in [-0.39, 0.29) is 24.3 Å². The van der Waals surface area contributed by atoms with Crippen LogP contribution < -0.4 is 5.32 Å². The Bertz CT molecular complexity index is 226. The summed E-state index contributed by atoms with van der Waals surface area (Å²) in [4.78, 5) is 21.8. The molecule has 1 unspecified atom stereocenters. The van der Waals surface area contributed by atoms with E-state index in [1.807, 2.05) is 0 Å². The van der Waals surface area contributed by atoms with Gasteiger partial charge in [0.2, 0.25) is 5.91 Å². The second-order valence-electron chi connectivity index (χ2n) is 3.16. The summed E-state index contributed by atoms with van der Waals surface area (Å²) in [6.45, 7) is 1.54. The van der Waals surface area contributed by atoms with Crippen LogP contribution in [0.5, 0.6) is 0 Å². The number of β-lactam (4-membered cyclic amide) rings is 1. The number of nitrogens with one attached hydrogen (secondary N) is 1. The van der Waals surface area contributed by atoms with Crippen LogP contribution in [0.3, 0.4) is 0 Å². The number of carbonyl (C=O) groups is 2. The maximum absolute atomic E-state index is 10.9. The lowest BCUT2D eigenvalue weighted by molar-refractivity contribution is -0.148. The highest BCUT2D eigenvalue weighted by Gasteiger charge is 2.43. The van der Waals surface area contributed by atoms with Gasteiger partial charge in [-0.15, -0.1) is 0 Å². The summed E-state index contributed by atoms with van der Waals surface area (Å²) in [6, 6.07) is -0.278. The van der Waals surface area contributed by atoms with E-state index in [0.29, 0.717) is 0 Å². The second kappa shape index (κ2) is 3.74. The van der Waals surface area contributed by atoms with Crippen LogP contribution >= 0.6 is 0 Å². The quantitative estimate of drug-likeness (QED) is 0.441. The van der Waals surface area contributed by atoms with Gasteiger partial charge >= 0.3 is 5.97 Å². The van der Waals surface area contributed by atoms with Crippen LogP contribution in [0, 0.1) is 5.92 Å². The maximum atomic E-state index is 10.9. The molecule has 0 aromatic carbocycles. The minimum absolute atomic E-state index is 0.123. The van der Waals surface area contributed by atoms with E-state index in [2.05, 4.69) is 10.1 Å². The van der Waals surface area contributed by atoms with Gasteiger partial charge in [0.05, 0.1) is 31.6 Å². The molecular formula is C8H13NO4. The molecule has 0 bridgehead atoms. The van der Waals surface area contributed by atoms with Crippen LogP contribution in [-0.2, 0) is 14.3 Å². The minimum Gasteiger partial charge on any atom is -0.469 e. The van der Waals surface area contributed by atoms with Gasteiger partial charge in [0.25, 0.3) is 0 Å². The molecule has 1 amide bonds. The molecule has 0 radical (unpaired) electrons. The molecule has 1 saturated heterocycles. The first-order chi connectivity index (χ1) is 6.06. The molecule has 0 saturated carbocycles. The zero-order chi connectivity index (χ0) is 10.0. The van der Waals surface area contributed by atoms with Crippen molar-refractivity contribution in [2.24, 2.45) is 5.92 Å². The van der Waals surface area contributed by atoms with Crippen LogP contribution in [0.2, 0.25) is 0 Å². The van der Waals surface area contributed by atoms with Crippen LogP contribution in [0.25, 0.3) is 0 Å². The van der Waals surface area contributed by atoms with Crippen molar-refractivity contribution in [3.63, 3.8) is 0 Å². The predicted octanol–water partition coefficient (Wildman–Crippen LogP) is -0.955. The minimum atomic E-state index is -0.719. The molecule has 5 nitrogen and oxygen atoms in total. The van der Waals surface area contributed by atoms with E-state index in [1.54, 1.807) is 0 Å². The van der Waals surface area contributed by atoms with Crippen LogP contribution in [0.15, 0.2) is 0 Å². The van der Waals surface area contributed by atoms with Gasteiger partial charge in [-0.2, -0.15) is 0 Å². The number of rotatable bonds is 3. The number of aliphatic hydroxyl groups excluding tert-OH is 1. The smallest absolute Gasteiger partial charge is 0.307 e. The lowest BCUT2D eigenvalue weighted by Crippen LogP contribution is -2.62. The maximum Gasteiger partial charge on any atom is 0.307 e. The summed E-state index contributed by atoms with van der Waals surface area (Å²) >= 11 is 0. The van der Waals surface area contributed by atoms with Gasteiger partial charge in [-0.3, -0.25) is 9.59 Å². The number of amides is 1. The first-order valence-electron chi connectivity index (χ1n) is 4.11. The number of hydrogen-bond acceptors (Lipinski definition) is 4.